The van der Waals surface area contributed by atoms with E-state index in [1.165, 1.54) is 0 Å². The number of hydrogen-bond acceptors (Lipinski definition) is 4. The van der Waals surface area contributed by atoms with E-state index < -0.39 is 6.17 Å². The minimum Gasteiger partial charge on any atom is -0.310 e. The molecule has 0 aliphatic heterocycles. The van der Waals surface area contributed by atoms with Gasteiger partial charge in [0.05, 0.1) is 0 Å². The van der Waals surface area contributed by atoms with Gasteiger partial charge in [-0.1, -0.05) is 0 Å². The number of rotatable bonds is 1. The minimum atomic E-state index is -0.570. The van der Waals surface area contributed by atoms with Gasteiger partial charge in [0.1, 0.15) is 6.17 Å². The summed E-state index contributed by atoms with van der Waals surface area (Å²) in [5, 5.41) is 0. The summed E-state index contributed by atoms with van der Waals surface area (Å²) in [7, 11) is 0. The average Bonchev–Trinajstić information content (AvgIpc) is 1.88. The zero-order chi connectivity index (χ0) is 7.56. The van der Waals surface area contributed by atoms with Crippen molar-refractivity contribution < 1.29 is 0 Å². The molecule has 10 heavy (non-hydrogen) atoms. The van der Waals surface area contributed by atoms with Crippen molar-refractivity contribution in [3.8, 4) is 0 Å². The van der Waals surface area contributed by atoms with E-state index in [4.69, 9.17) is 11.5 Å². The third-order valence-corrected chi connectivity index (χ3v) is 1.11. The fourth-order valence-corrected chi connectivity index (χ4v) is 0.629. The van der Waals surface area contributed by atoms with Gasteiger partial charge in [-0.15, -0.1) is 0 Å². The summed E-state index contributed by atoms with van der Waals surface area (Å²) in [5.74, 6) is 0.486. The first-order valence-electron chi connectivity index (χ1n) is 3.01. The molecular formula is C6H10N4. The Balaban J connectivity index is 2.96. The lowest BCUT2D eigenvalue weighted by Crippen LogP contribution is -2.22. The molecule has 0 saturated carbocycles. The van der Waals surface area contributed by atoms with Crippen LogP contribution in [-0.2, 0) is 0 Å². The van der Waals surface area contributed by atoms with Crippen LogP contribution in [0.15, 0.2) is 12.3 Å². The van der Waals surface area contributed by atoms with Gasteiger partial charge in [0.2, 0.25) is 0 Å². The molecule has 0 atom stereocenters. The van der Waals surface area contributed by atoms with Gasteiger partial charge in [0.15, 0.2) is 5.82 Å². The highest BCUT2D eigenvalue weighted by atomic mass is 15.0. The molecule has 0 aromatic carbocycles. The van der Waals surface area contributed by atoms with E-state index in [0.29, 0.717) is 5.82 Å². The molecule has 0 bridgehead atoms. The lowest BCUT2D eigenvalue weighted by atomic mass is 10.4. The number of hydrogen-bond donors (Lipinski definition) is 2. The molecule has 0 unspecified atom stereocenters. The molecule has 0 spiro atoms. The quantitative estimate of drug-likeness (QED) is 0.522. The molecule has 0 amide bonds. The number of aryl methyl sites for hydroxylation is 1. The van der Waals surface area contributed by atoms with E-state index in [1.54, 1.807) is 12.3 Å². The highest BCUT2D eigenvalue weighted by Crippen LogP contribution is 1.96. The molecule has 0 saturated heterocycles. The van der Waals surface area contributed by atoms with Crippen LogP contribution in [-0.4, -0.2) is 9.97 Å². The third kappa shape index (κ3) is 1.49. The van der Waals surface area contributed by atoms with Crippen molar-refractivity contribution in [2.24, 2.45) is 11.5 Å². The van der Waals surface area contributed by atoms with E-state index in [-0.39, 0.29) is 0 Å². The molecule has 4 nitrogen and oxygen atoms in total. The maximum absolute atomic E-state index is 5.34. The summed E-state index contributed by atoms with van der Waals surface area (Å²) in [4.78, 5) is 7.89. The molecule has 0 fully saturated rings. The second kappa shape index (κ2) is 2.72. The van der Waals surface area contributed by atoms with E-state index in [2.05, 4.69) is 9.97 Å². The predicted octanol–water partition coefficient (Wildman–Crippen LogP) is -0.299. The van der Waals surface area contributed by atoms with Gasteiger partial charge in [-0.2, -0.15) is 0 Å². The van der Waals surface area contributed by atoms with Crippen molar-refractivity contribution in [3.63, 3.8) is 0 Å². The first-order chi connectivity index (χ1) is 4.70. The van der Waals surface area contributed by atoms with Crippen molar-refractivity contribution in [1.82, 2.24) is 9.97 Å². The molecule has 0 radical (unpaired) electrons. The Morgan fingerprint density at radius 3 is 2.60 bits per heavy atom. The van der Waals surface area contributed by atoms with E-state index in [1.807, 2.05) is 6.92 Å². The minimum absolute atomic E-state index is 0.486. The smallest absolute Gasteiger partial charge is 0.159 e. The van der Waals surface area contributed by atoms with Gasteiger partial charge in [0, 0.05) is 11.9 Å². The monoisotopic (exact) mass is 138 g/mol. The van der Waals surface area contributed by atoms with Crippen LogP contribution >= 0.6 is 0 Å². The first kappa shape index (κ1) is 7.11. The Morgan fingerprint density at radius 2 is 2.20 bits per heavy atom. The summed E-state index contributed by atoms with van der Waals surface area (Å²) in [6.45, 7) is 1.87. The van der Waals surface area contributed by atoms with Gasteiger partial charge in [-0.25, -0.2) is 9.97 Å². The topological polar surface area (TPSA) is 77.8 Å². The lowest BCUT2D eigenvalue weighted by Gasteiger charge is -2.02. The standard InChI is InChI=1S/C6H10N4/c1-4-2-3-9-6(10-4)5(7)8/h2-3,5H,7-8H2,1H3. The van der Waals surface area contributed by atoms with Crippen LogP contribution in [0.1, 0.15) is 17.7 Å². The van der Waals surface area contributed by atoms with Crippen LogP contribution in [0.2, 0.25) is 0 Å². The highest BCUT2D eigenvalue weighted by Gasteiger charge is 2.00. The van der Waals surface area contributed by atoms with Crippen molar-refractivity contribution in [2.45, 2.75) is 13.1 Å². The van der Waals surface area contributed by atoms with Crippen LogP contribution in [0.4, 0.5) is 0 Å². The zero-order valence-corrected chi connectivity index (χ0v) is 5.78. The van der Waals surface area contributed by atoms with E-state index >= 15 is 0 Å². The second-order valence-corrected chi connectivity index (χ2v) is 2.08. The van der Waals surface area contributed by atoms with Crippen molar-refractivity contribution >= 4 is 0 Å². The molecule has 0 aliphatic carbocycles. The Kier molecular flexibility index (Phi) is 1.94. The first-order valence-corrected chi connectivity index (χ1v) is 3.01. The van der Waals surface area contributed by atoms with Crippen LogP contribution in [0, 0.1) is 6.92 Å². The number of nitrogens with two attached hydrogens (primary N) is 2. The van der Waals surface area contributed by atoms with Crippen molar-refractivity contribution in [3.05, 3.63) is 23.8 Å². The summed E-state index contributed by atoms with van der Waals surface area (Å²) < 4.78 is 0. The third-order valence-electron chi connectivity index (χ3n) is 1.11. The van der Waals surface area contributed by atoms with Gasteiger partial charge < -0.3 is 11.5 Å². The van der Waals surface area contributed by atoms with E-state index in [9.17, 15) is 0 Å². The number of nitrogens with zero attached hydrogens (tertiary/aromatic N) is 2. The largest absolute Gasteiger partial charge is 0.310 e. The fraction of sp³-hybridized carbons (Fsp3) is 0.333. The maximum Gasteiger partial charge on any atom is 0.159 e. The normalized spacial score (nSPS) is 10.4. The second-order valence-electron chi connectivity index (χ2n) is 2.08. The molecule has 54 valence electrons. The highest BCUT2D eigenvalue weighted by molar-refractivity contribution is 5.01. The van der Waals surface area contributed by atoms with Gasteiger partial charge in [0.25, 0.3) is 0 Å². The van der Waals surface area contributed by atoms with Crippen molar-refractivity contribution in [1.29, 1.82) is 0 Å². The zero-order valence-electron chi connectivity index (χ0n) is 5.78. The molecule has 1 rings (SSSR count). The molecule has 1 aromatic rings. The van der Waals surface area contributed by atoms with E-state index in [0.717, 1.165) is 5.69 Å². The van der Waals surface area contributed by atoms with Crippen LogP contribution in [0.3, 0.4) is 0 Å². The Morgan fingerprint density at radius 1 is 1.50 bits per heavy atom. The molecular weight excluding hydrogens is 128 g/mol. The summed E-state index contributed by atoms with van der Waals surface area (Å²) in [6, 6.07) is 1.80. The molecule has 4 N–H and O–H groups in total. The molecule has 0 aliphatic rings. The maximum atomic E-state index is 5.34. The average molecular weight is 138 g/mol. The van der Waals surface area contributed by atoms with Gasteiger partial charge >= 0.3 is 0 Å². The lowest BCUT2D eigenvalue weighted by molar-refractivity contribution is 0.700. The van der Waals surface area contributed by atoms with Crippen LogP contribution in [0.25, 0.3) is 0 Å². The summed E-state index contributed by atoms with van der Waals surface area (Å²) >= 11 is 0. The van der Waals surface area contributed by atoms with Crippen LogP contribution < -0.4 is 11.5 Å². The van der Waals surface area contributed by atoms with Crippen LogP contribution in [0.5, 0.6) is 0 Å². The van der Waals surface area contributed by atoms with Crippen molar-refractivity contribution in [2.75, 3.05) is 0 Å². The molecule has 1 aromatic heterocycles. The Bertz CT molecular complexity index is 221. The van der Waals surface area contributed by atoms with Gasteiger partial charge in [-0.3, -0.25) is 0 Å². The molecule has 1 heterocycles. The molecule has 4 heteroatoms. The Labute approximate surface area is 59.3 Å². The summed E-state index contributed by atoms with van der Waals surface area (Å²) in [5.41, 5.74) is 11.6. The summed E-state index contributed by atoms with van der Waals surface area (Å²) in [6.07, 6.45) is 1.07. The Hall–Kier alpha value is -1.00. The SMILES string of the molecule is Cc1ccnc(C(N)N)n1. The number of aromatic nitrogens is 2. The van der Waals surface area contributed by atoms with Gasteiger partial charge in [-0.05, 0) is 13.0 Å². The fourth-order valence-electron chi connectivity index (χ4n) is 0.629. The predicted molar refractivity (Wildman–Crippen MR) is 37.9 cm³/mol.